The van der Waals surface area contributed by atoms with Gasteiger partial charge in [0.2, 0.25) is 5.91 Å². The van der Waals surface area contributed by atoms with Crippen LogP contribution in [0.3, 0.4) is 0 Å². The molecule has 1 aromatic rings. The molecular formula is C16H23Cl3N4O. The summed E-state index contributed by atoms with van der Waals surface area (Å²) in [4.78, 5) is 16.9. The van der Waals surface area contributed by atoms with E-state index in [1.54, 1.807) is 18.2 Å². The van der Waals surface area contributed by atoms with Crippen LogP contribution in [0.5, 0.6) is 0 Å². The summed E-state index contributed by atoms with van der Waals surface area (Å²) in [5, 5.41) is 7.22. The fourth-order valence-electron chi connectivity index (χ4n) is 3.22. The molecule has 5 nitrogen and oxygen atoms in total. The minimum Gasteiger partial charge on any atom is -0.325 e. The molecule has 1 amide bonds. The molecular weight excluding hydrogens is 371 g/mol. The lowest BCUT2D eigenvalue weighted by Gasteiger charge is -2.37. The van der Waals surface area contributed by atoms with Crippen LogP contribution in [-0.4, -0.2) is 67.6 Å². The van der Waals surface area contributed by atoms with Crippen molar-refractivity contribution in [2.75, 3.05) is 51.1 Å². The molecule has 0 bridgehead atoms. The van der Waals surface area contributed by atoms with E-state index in [1.165, 1.54) is 6.42 Å². The topological polar surface area (TPSA) is 47.6 Å². The lowest BCUT2D eigenvalue weighted by Crippen LogP contribution is -2.52. The van der Waals surface area contributed by atoms with Gasteiger partial charge in [-0.1, -0.05) is 23.2 Å². The fourth-order valence-corrected chi connectivity index (χ4v) is 3.51. The predicted octanol–water partition coefficient (Wildman–Crippen LogP) is 2.33. The van der Waals surface area contributed by atoms with Crippen LogP contribution in [0.1, 0.15) is 6.42 Å². The van der Waals surface area contributed by atoms with E-state index in [9.17, 15) is 4.79 Å². The molecule has 0 saturated carbocycles. The second-order valence-electron chi connectivity index (χ2n) is 6.14. The number of hydrogen-bond donors (Lipinski definition) is 2. The zero-order valence-electron chi connectivity index (χ0n) is 13.4. The standard InChI is InChI=1S/C16H22Cl2N4O.ClH/c17-14-2-1-12(9-15(14)18)20-16(23)11-21-5-7-22(8-6-21)13-3-4-19-10-13;/h1-2,9,13,19H,3-8,10-11H2,(H,20,23);1H. The molecule has 2 saturated heterocycles. The maximum absolute atomic E-state index is 12.2. The highest BCUT2D eigenvalue weighted by Crippen LogP contribution is 2.25. The Morgan fingerprint density at radius 3 is 2.58 bits per heavy atom. The quantitative estimate of drug-likeness (QED) is 0.824. The average molecular weight is 394 g/mol. The van der Waals surface area contributed by atoms with Crippen molar-refractivity contribution >= 4 is 47.2 Å². The Morgan fingerprint density at radius 2 is 1.96 bits per heavy atom. The lowest BCUT2D eigenvalue weighted by molar-refractivity contribution is -0.117. The van der Waals surface area contributed by atoms with Crippen LogP contribution in [0.2, 0.25) is 10.0 Å². The van der Waals surface area contributed by atoms with Gasteiger partial charge in [0.15, 0.2) is 0 Å². The zero-order chi connectivity index (χ0) is 16.2. The number of rotatable bonds is 4. The van der Waals surface area contributed by atoms with Crippen molar-refractivity contribution < 1.29 is 4.79 Å². The first-order valence-electron chi connectivity index (χ1n) is 8.04. The summed E-state index contributed by atoms with van der Waals surface area (Å²) >= 11 is 11.8. The van der Waals surface area contributed by atoms with Crippen LogP contribution in [0.25, 0.3) is 0 Å². The molecule has 24 heavy (non-hydrogen) atoms. The maximum atomic E-state index is 12.2. The van der Waals surface area contributed by atoms with Crippen LogP contribution >= 0.6 is 35.6 Å². The van der Waals surface area contributed by atoms with Gasteiger partial charge in [-0.3, -0.25) is 14.6 Å². The van der Waals surface area contributed by atoms with Gasteiger partial charge < -0.3 is 10.6 Å². The van der Waals surface area contributed by atoms with Gasteiger partial charge in [0.1, 0.15) is 0 Å². The van der Waals surface area contributed by atoms with Crippen molar-refractivity contribution in [1.29, 1.82) is 0 Å². The number of anilines is 1. The highest BCUT2D eigenvalue weighted by molar-refractivity contribution is 6.42. The number of nitrogens with zero attached hydrogens (tertiary/aromatic N) is 2. The molecule has 1 atom stereocenters. The highest BCUT2D eigenvalue weighted by Gasteiger charge is 2.26. The molecule has 2 aliphatic rings. The number of halogens is 3. The van der Waals surface area contributed by atoms with Gasteiger partial charge in [-0.05, 0) is 31.2 Å². The van der Waals surface area contributed by atoms with E-state index < -0.39 is 0 Å². The molecule has 2 heterocycles. The third-order valence-corrected chi connectivity index (χ3v) is 5.27. The smallest absolute Gasteiger partial charge is 0.238 e. The van der Waals surface area contributed by atoms with E-state index in [1.807, 2.05) is 0 Å². The first kappa shape index (κ1) is 19.8. The van der Waals surface area contributed by atoms with Gasteiger partial charge >= 0.3 is 0 Å². The van der Waals surface area contributed by atoms with E-state index >= 15 is 0 Å². The molecule has 8 heteroatoms. The number of nitrogens with one attached hydrogen (secondary N) is 2. The Labute approximate surface area is 159 Å². The van der Waals surface area contributed by atoms with Crippen molar-refractivity contribution in [3.8, 4) is 0 Å². The maximum Gasteiger partial charge on any atom is 0.238 e. The molecule has 3 rings (SSSR count). The second kappa shape index (κ2) is 9.22. The third-order valence-electron chi connectivity index (χ3n) is 4.53. The summed E-state index contributed by atoms with van der Waals surface area (Å²) in [6.45, 7) is 6.57. The number of carbonyl (C=O) groups excluding carboxylic acids is 1. The Balaban J connectivity index is 0.00000208. The van der Waals surface area contributed by atoms with Crippen molar-refractivity contribution in [1.82, 2.24) is 15.1 Å². The molecule has 1 unspecified atom stereocenters. The van der Waals surface area contributed by atoms with Gasteiger partial charge in [0.25, 0.3) is 0 Å². The van der Waals surface area contributed by atoms with E-state index in [0.717, 1.165) is 39.3 Å². The average Bonchev–Trinajstić information content (AvgIpc) is 3.06. The van der Waals surface area contributed by atoms with E-state index in [0.29, 0.717) is 28.3 Å². The Morgan fingerprint density at radius 1 is 1.21 bits per heavy atom. The van der Waals surface area contributed by atoms with Crippen LogP contribution in [0.4, 0.5) is 5.69 Å². The lowest BCUT2D eigenvalue weighted by atomic mass is 10.2. The van der Waals surface area contributed by atoms with Crippen LogP contribution in [-0.2, 0) is 4.79 Å². The van der Waals surface area contributed by atoms with Crippen molar-refractivity contribution in [2.45, 2.75) is 12.5 Å². The molecule has 134 valence electrons. The number of amides is 1. The predicted molar refractivity (Wildman–Crippen MR) is 102 cm³/mol. The highest BCUT2D eigenvalue weighted by atomic mass is 35.5. The van der Waals surface area contributed by atoms with Gasteiger partial charge in [-0.2, -0.15) is 0 Å². The third kappa shape index (κ3) is 5.22. The van der Waals surface area contributed by atoms with Gasteiger partial charge in [-0.25, -0.2) is 0 Å². The van der Waals surface area contributed by atoms with E-state index in [4.69, 9.17) is 23.2 Å². The van der Waals surface area contributed by atoms with Crippen molar-refractivity contribution in [3.63, 3.8) is 0 Å². The first-order chi connectivity index (χ1) is 11.1. The number of hydrogen-bond acceptors (Lipinski definition) is 4. The fraction of sp³-hybridized carbons (Fsp3) is 0.562. The largest absolute Gasteiger partial charge is 0.325 e. The normalized spacial score (nSPS) is 22.2. The second-order valence-corrected chi connectivity index (χ2v) is 6.95. The molecule has 1 aromatic carbocycles. The zero-order valence-corrected chi connectivity index (χ0v) is 15.8. The molecule has 0 aromatic heterocycles. The summed E-state index contributed by atoms with van der Waals surface area (Å²) in [5.41, 5.74) is 0.681. The summed E-state index contributed by atoms with van der Waals surface area (Å²) in [5.74, 6) is -0.0145. The summed E-state index contributed by atoms with van der Waals surface area (Å²) in [7, 11) is 0. The van der Waals surface area contributed by atoms with Gasteiger partial charge in [0.05, 0.1) is 16.6 Å². The molecule has 0 aliphatic carbocycles. The minimum absolute atomic E-state index is 0. The van der Waals surface area contributed by atoms with E-state index in [2.05, 4.69) is 20.4 Å². The van der Waals surface area contributed by atoms with Crippen LogP contribution in [0.15, 0.2) is 18.2 Å². The van der Waals surface area contributed by atoms with E-state index in [-0.39, 0.29) is 18.3 Å². The number of carbonyl (C=O) groups is 1. The minimum atomic E-state index is -0.0145. The molecule has 2 aliphatic heterocycles. The summed E-state index contributed by atoms with van der Waals surface area (Å²) in [6.07, 6.45) is 1.23. The number of benzene rings is 1. The van der Waals surface area contributed by atoms with Crippen molar-refractivity contribution in [3.05, 3.63) is 28.2 Å². The van der Waals surface area contributed by atoms with Gasteiger partial charge in [-0.15, -0.1) is 12.4 Å². The SMILES string of the molecule is Cl.O=C(CN1CCN(C2CCNC2)CC1)Nc1ccc(Cl)c(Cl)c1. The van der Waals surface area contributed by atoms with Gasteiger partial charge in [0, 0.05) is 44.5 Å². The molecule has 0 spiro atoms. The van der Waals surface area contributed by atoms with Crippen LogP contribution < -0.4 is 10.6 Å². The van der Waals surface area contributed by atoms with Crippen molar-refractivity contribution in [2.24, 2.45) is 0 Å². The first-order valence-corrected chi connectivity index (χ1v) is 8.79. The monoisotopic (exact) mass is 392 g/mol. The molecule has 2 fully saturated rings. The Bertz CT molecular complexity index is 558. The van der Waals surface area contributed by atoms with Crippen LogP contribution in [0, 0.1) is 0 Å². The summed E-state index contributed by atoms with van der Waals surface area (Å²) in [6, 6.07) is 5.79. The molecule has 0 radical (unpaired) electrons. The summed E-state index contributed by atoms with van der Waals surface area (Å²) < 4.78 is 0. The Hall–Kier alpha value is -0.560. The Kier molecular flexibility index (Phi) is 7.60. The number of piperazine rings is 1. The molecule has 2 N–H and O–H groups in total.